The van der Waals surface area contributed by atoms with Crippen LogP contribution in [0.5, 0.6) is 0 Å². The van der Waals surface area contributed by atoms with Gasteiger partial charge in [-0.3, -0.25) is 0 Å². The number of ether oxygens (including phenoxy) is 1. The largest absolute Gasteiger partial charge is 0.380 e. The zero-order chi connectivity index (χ0) is 15.6. The lowest BCUT2D eigenvalue weighted by Gasteiger charge is -2.16. The molecule has 0 unspecified atom stereocenters. The lowest BCUT2D eigenvalue weighted by atomic mass is 10.1. The molecule has 1 aliphatic rings. The van der Waals surface area contributed by atoms with E-state index in [9.17, 15) is 0 Å². The first-order valence-electron chi connectivity index (χ1n) is 7.93. The molecule has 0 radical (unpaired) electrons. The zero-order valence-corrected chi connectivity index (χ0v) is 13.1. The van der Waals surface area contributed by atoms with Crippen LogP contribution in [0.2, 0.25) is 0 Å². The van der Waals surface area contributed by atoms with Gasteiger partial charge in [-0.1, -0.05) is 36.4 Å². The molecule has 0 bridgehead atoms. The second-order valence-electron chi connectivity index (χ2n) is 5.90. The SMILES string of the molecule is CO[C@@H]1CCN(c2nccc(-c3ccc4ccccc4c3)n2)C1. The number of anilines is 1. The molecule has 1 atom stereocenters. The molecule has 0 spiro atoms. The Morgan fingerprint density at radius 2 is 1.96 bits per heavy atom. The minimum Gasteiger partial charge on any atom is -0.380 e. The summed E-state index contributed by atoms with van der Waals surface area (Å²) in [6, 6.07) is 16.8. The van der Waals surface area contributed by atoms with Gasteiger partial charge < -0.3 is 9.64 Å². The number of aromatic nitrogens is 2. The first kappa shape index (κ1) is 14.2. The Hall–Kier alpha value is -2.46. The van der Waals surface area contributed by atoms with Gasteiger partial charge in [0.2, 0.25) is 5.95 Å². The molecule has 0 saturated carbocycles. The van der Waals surface area contributed by atoms with Crippen LogP contribution in [0.3, 0.4) is 0 Å². The van der Waals surface area contributed by atoms with Crippen molar-refractivity contribution >= 4 is 16.7 Å². The van der Waals surface area contributed by atoms with Crippen molar-refractivity contribution < 1.29 is 4.74 Å². The van der Waals surface area contributed by atoms with Gasteiger partial charge in [-0.2, -0.15) is 0 Å². The first-order valence-corrected chi connectivity index (χ1v) is 7.93. The lowest BCUT2D eigenvalue weighted by molar-refractivity contribution is 0.121. The van der Waals surface area contributed by atoms with E-state index < -0.39 is 0 Å². The van der Waals surface area contributed by atoms with Crippen LogP contribution >= 0.6 is 0 Å². The molecule has 1 aliphatic heterocycles. The van der Waals surface area contributed by atoms with Crippen LogP contribution < -0.4 is 4.90 Å². The molecular weight excluding hydrogens is 286 g/mol. The van der Waals surface area contributed by atoms with Gasteiger partial charge in [0.15, 0.2) is 0 Å². The highest BCUT2D eigenvalue weighted by molar-refractivity contribution is 5.86. The summed E-state index contributed by atoms with van der Waals surface area (Å²) in [5.74, 6) is 0.787. The first-order chi connectivity index (χ1) is 11.3. The van der Waals surface area contributed by atoms with Crippen molar-refractivity contribution in [2.24, 2.45) is 0 Å². The van der Waals surface area contributed by atoms with E-state index in [2.05, 4.69) is 52.3 Å². The van der Waals surface area contributed by atoms with E-state index in [0.29, 0.717) is 0 Å². The third-order valence-electron chi connectivity index (χ3n) is 4.45. The molecule has 23 heavy (non-hydrogen) atoms. The van der Waals surface area contributed by atoms with E-state index in [1.54, 1.807) is 7.11 Å². The predicted molar refractivity (Wildman–Crippen MR) is 92.6 cm³/mol. The normalized spacial score (nSPS) is 17.8. The number of methoxy groups -OCH3 is 1. The maximum absolute atomic E-state index is 5.43. The molecule has 2 aromatic carbocycles. The molecule has 3 aromatic rings. The van der Waals surface area contributed by atoms with Gasteiger partial charge in [0.25, 0.3) is 0 Å². The number of benzene rings is 2. The summed E-state index contributed by atoms with van der Waals surface area (Å²) in [4.78, 5) is 11.4. The lowest BCUT2D eigenvalue weighted by Crippen LogP contribution is -2.24. The van der Waals surface area contributed by atoms with Crippen LogP contribution in [-0.2, 0) is 4.74 Å². The fourth-order valence-electron chi connectivity index (χ4n) is 3.11. The Morgan fingerprint density at radius 3 is 2.78 bits per heavy atom. The van der Waals surface area contributed by atoms with Crippen molar-refractivity contribution in [2.75, 3.05) is 25.1 Å². The Kier molecular flexibility index (Phi) is 3.67. The summed E-state index contributed by atoms with van der Waals surface area (Å²) in [7, 11) is 1.76. The van der Waals surface area contributed by atoms with Gasteiger partial charge in [-0.05, 0) is 29.3 Å². The quantitative estimate of drug-likeness (QED) is 0.742. The highest BCUT2D eigenvalue weighted by atomic mass is 16.5. The van der Waals surface area contributed by atoms with E-state index in [0.717, 1.165) is 36.7 Å². The van der Waals surface area contributed by atoms with E-state index >= 15 is 0 Å². The average molecular weight is 305 g/mol. The Bertz CT molecular complexity index is 833. The van der Waals surface area contributed by atoms with E-state index in [1.165, 1.54) is 10.8 Å². The molecule has 0 N–H and O–H groups in total. The zero-order valence-electron chi connectivity index (χ0n) is 13.1. The molecule has 116 valence electrons. The second-order valence-corrected chi connectivity index (χ2v) is 5.90. The summed E-state index contributed by atoms with van der Waals surface area (Å²) in [5.41, 5.74) is 2.08. The van der Waals surface area contributed by atoms with Crippen molar-refractivity contribution in [3.05, 3.63) is 54.7 Å². The van der Waals surface area contributed by atoms with Crippen LogP contribution in [0.1, 0.15) is 6.42 Å². The average Bonchev–Trinajstić information content (AvgIpc) is 3.11. The van der Waals surface area contributed by atoms with Crippen molar-refractivity contribution in [3.8, 4) is 11.3 Å². The monoisotopic (exact) mass is 305 g/mol. The smallest absolute Gasteiger partial charge is 0.225 e. The maximum Gasteiger partial charge on any atom is 0.225 e. The minimum absolute atomic E-state index is 0.280. The van der Waals surface area contributed by atoms with Gasteiger partial charge in [-0.15, -0.1) is 0 Å². The fourth-order valence-corrected chi connectivity index (χ4v) is 3.11. The van der Waals surface area contributed by atoms with Crippen molar-refractivity contribution in [1.82, 2.24) is 9.97 Å². The molecule has 0 aliphatic carbocycles. The molecule has 2 heterocycles. The predicted octanol–water partition coefficient (Wildman–Crippen LogP) is 3.52. The Labute approximate surface area is 135 Å². The summed E-state index contributed by atoms with van der Waals surface area (Å²) >= 11 is 0. The maximum atomic E-state index is 5.43. The van der Waals surface area contributed by atoms with E-state index in [-0.39, 0.29) is 6.10 Å². The molecule has 4 rings (SSSR count). The van der Waals surface area contributed by atoms with Crippen LogP contribution in [0.4, 0.5) is 5.95 Å². The molecule has 1 fully saturated rings. The molecule has 0 amide bonds. The van der Waals surface area contributed by atoms with Crippen molar-refractivity contribution in [1.29, 1.82) is 0 Å². The number of hydrogen-bond acceptors (Lipinski definition) is 4. The highest BCUT2D eigenvalue weighted by Crippen LogP contribution is 2.25. The summed E-state index contributed by atoms with van der Waals surface area (Å²) in [6.07, 6.45) is 3.15. The Balaban J connectivity index is 1.67. The standard InChI is InChI=1S/C19H19N3O/c1-23-17-9-11-22(13-17)19-20-10-8-18(21-19)16-7-6-14-4-2-3-5-15(14)12-16/h2-8,10,12,17H,9,11,13H2,1H3/t17-/m1/s1. The summed E-state index contributed by atoms with van der Waals surface area (Å²) < 4.78 is 5.43. The third-order valence-corrected chi connectivity index (χ3v) is 4.45. The summed E-state index contributed by atoms with van der Waals surface area (Å²) in [6.45, 7) is 1.80. The molecule has 1 aromatic heterocycles. The van der Waals surface area contributed by atoms with Gasteiger partial charge >= 0.3 is 0 Å². The van der Waals surface area contributed by atoms with Crippen LogP contribution in [0.15, 0.2) is 54.7 Å². The summed E-state index contributed by atoms with van der Waals surface area (Å²) in [5, 5.41) is 2.47. The van der Waals surface area contributed by atoms with Gasteiger partial charge in [0.05, 0.1) is 11.8 Å². The van der Waals surface area contributed by atoms with Crippen molar-refractivity contribution in [3.63, 3.8) is 0 Å². The third kappa shape index (κ3) is 2.78. The topological polar surface area (TPSA) is 38.2 Å². The van der Waals surface area contributed by atoms with E-state index in [1.807, 2.05) is 12.3 Å². The van der Waals surface area contributed by atoms with Gasteiger partial charge in [-0.25, -0.2) is 9.97 Å². The molecule has 4 nitrogen and oxygen atoms in total. The van der Waals surface area contributed by atoms with E-state index in [4.69, 9.17) is 9.72 Å². The number of nitrogens with zero attached hydrogens (tertiary/aromatic N) is 3. The number of fused-ring (bicyclic) bond motifs is 1. The van der Waals surface area contributed by atoms with Crippen LogP contribution in [-0.4, -0.2) is 36.3 Å². The number of rotatable bonds is 3. The van der Waals surface area contributed by atoms with Crippen LogP contribution in [0, 0.1) is 0 Å². The minimum atomic E-state index is 0.280. The molecular formula is C19H19N3O. The van der Waals surface area contributed by atoms with Gasteiger partial charge in [0, 0.05) is 32.0 Å². The molecule has 4 heteroatoms. The number of hydrogen-bond donors (Lipinski definition) is 0. The van der Waals surface area contributed by atoms with Crippen LogP contribution in [0.25, 0.3) is 22.0 Å². The highest BCUT2D eigenvalue weighted by Gasteiger charge is 2.24. The van der Waals surface area contributed by atoms with Crippen molar-refractivity contribution in [2.45, 2.75) is 12.5 Å². The second kappa shape index (κ2) is 5.97. The molecule has 1 saturated heterocycles. The van der Waals surface area contributed by atoms with Gasteiger partial charge in [0.1, 0.15) is 0 Å². The fraction of sp³-hybridized carbons (Fsp3) is 0.263. The Morgan fingerprint density at radius 1 is 1.09 bits per heavy atom.